The SMILES string of the molecule is COC(=O)C1=C([C@H]2CC[C@H](c3nc(C(=O)O)co3)CC2)NC(c2nccs2)=NC1c1cccc(F)c1C. The number of thiazole rings is 1. The molecule has 0 bridgehead atoms. The number of carbonyl (C=O) groups excluding carboxylic acids is 1. The molecule has 0 radical (unpaired) electrons. The van der Waals surface area contributed by atoms with Crippen LogP contribution < -0.4 is 5.32 Å². The van der Waals surface area contributed by atoms with Crippen LogP contribution in [0.2, 0.25) is 0 Å². The van der Waals surface area contributed by atoms with Crippen molar-refractivity contribution in [3.63, 3.8) is 0 Å². The minimum atomic E-state index is -1.13. The molecule has 3 aromatic rings. The molecule has 2 aromatic heterocycles. The molecule has 0 amide bonds. The summed E-state index contributed by atoms with van der Waals surface area (Å²) in [5, 5.41) is 15.0. The highest BCUT2D eigenvalue weighted by molar-refractivity contribution is 7.11. The standard InChI is InChI=1S/C26H25FN4O5S/c1-13-16(4-3-5-17(13)27)21-19(26(34)35-2)20(30-22(31-21)24-28-10-11-37-24)14-6-8-15(9-7-14)23-29-18(12-36-23)25(32)33/h3-5,10-12,14-15,21H,6-9H2,1-2H3,(H,30,31)(H,32,33)/t14-,15-,21?. The van der Waals surface area contributed by atoms with E-state index in [2.05, 4.69) is 15.3 Å². The Morgan fingerprint density at radius 2 is 1.97 bits per heavy atom. The number of esters is 1. The third kappa shape index (κ3) is 4.78. The van der Waals surface area contributed by atoms with Gasteiger partial charge in [-0.1, -0.05) is 12.1 Å². The first kappa shape index (κ1) is 24.8. The van der Waals surface area contributed by atoms with E-state index in [-0.39, 0.29) is 23.3 Å². The Kier molecular flexibility index (Phi) is 6.88. The van der Waals surface area contributed by atoms with E-state index in [0.29, 0.717) is 64.8 Å². The number of allylic oxidation sites excluding steroid dienone is 1. The number of aromatic nitrogens is 2. The van der Waals surface area contributed by atoms with Crippen LogP contribution in [0.5, 0.6) is 0 Å². The monoisotopic (exact) mass is 524 g/mol. The number of rotatable bonds is 6. The third-order valence-electron chi connectivity index (χ3n) is 6.94. The summed E-state index contributed by atoms with van der Waals surface area (Å²) >= 11 is 1.41. The molecule has 5 rings (SSSR count). The Morgan fingerprint density at radius 1 is 1.22 bits per heavy atom. The molecule has 2 N–H and O–H groups in total. The zero-order chi connectivity index (χ0) is 26.1. The number of nitrogens with zero attached hydrogens (tertiary/aromatic N) is 3. The number of amidine groups is 1. The van der Waals surface area contributed by atoms with Gasteiger partial charge in [0.05, 0.1) is 12.7 Å². The number of carbonyl (C=O) groups is 2. The molecule has 192 valence electrons. The lowest BCUT2D eigenvalue weighted by atomic mass is 9.77. The lowest BCUT2D eigenvalue weighted by Gasteiger charge is -2.34. The van der Waals surface area contributed by atoms with Crippen molar-refractivity contribution in [2.24, 2.45) is 10.9 Å². The molecule has 1 saturated carbocycles. The summed E-state index contributed by atoms with van der Waals surface area (Å²) in [5.74, 6) is -1.17. The Labute approximate surface area is 216 Å². The minimum absolute atomic E-state index is 0.0246. The molecule has 0 spiro atoms. The number of methoxy groups -OCH3 is 1. The van der Waals surface area contributed by atoms with Crippen molar-refractivity contribution in [1.29, 1.82) is 0 Å². The molecular weight excluding hydrogens is 499 g/mol. The molecule has 0 saturated heterocycles. The zero-order valence-corrected chi connectivity index (χ0v) is 21.0. The summed E-state index contributed by atoms with van der Waals surface area (Å²) in [6.07, 6.45) is 5.61. The molecule has 11 heteroatoms. The van der Waals surface area contributed by atoms with Gasteiger partial charge in [0, 0.05) is 23.2 Å². The van der Waals surface area contributed by atoms with Crippen LogP contribution in [-0.2, 0) is 9.53 Å². The van der Waals surface area contributed by atoms with Gasteiger partial charge in [0.2, 0.25) is 0 Å². The number of halogens is 1. The normalized spacial score (nSPS) is 21.8. The fourth-order valence-electron chi connectivity index (χ4n) is 5.02. The van der Waals surface area contributed by atoms with Crippen LogP contribution >= 0.6 is 11.3 Å². The number of hydrogen-bond donors (Lipinski definition) is 2. The van der Waals surface area contributed by atoms with Gasteiger partial charge in [0.25, 0.3) is 0 Å². The Morgan fingerprint density at radius 3 is 2.62 bits per heavy atom. The van der Waals surface area contributed by atoms with Crippen LogP contribution in [0, 0.1) is 18.7 Å². The molecular formula is C26H25FN4O5S. The van der Waals surface area contributed by atoms with E-state index in [1.807, 2.05) is 5.38 Å². The van der Waals surface area contributed by atoms with Gasteiger partial charge in [-0.3, -0.25) is 4.99 Å². The molecule has 3 heterocycles. The Balaban J connectivity index is 1.52. The van der Waals surface area contributed by atoms with E-state index < -0.39 is 18.0 Å². The Hall–Kier alpha value is -3.86. The van der Waals surface area contributed by atoms with Crippen LogP contribution in [0.25, 0.3) is 0 Å². The predicted molar refractivity (Wildman–Crippen MR) is 133 cm³/mol. The van der Waals surface area contributed by atoms with Crippen LogP contribution in [0.4, 0.5) is 4.39 Å². The smallest absolute Gasteiger partial charge is 0.357 e. The van der Waals surface area contributed by atoms with Gasteiger partial charge < -0.3 is 19.6 Å². The van der Waals surface area contributed by atoms with Crippen LogP contribution in [-0.4, -0.2) is 40.0 Å². The van der Waals surface area contributed by atoms with Crippen molar-refractivity contribution >= 4 is 29.1 Å². The fraction of sp³-hybridized carbons (Fsp3) is 0.346. The second-order valence-corrected chi connectivity index (χ2v) is 9.93. The number of ether oxygens (including phenoxy) is 1. The van der Waals surface area contributed by atoms with Gasteiger partial charge >= 0.3 is 11.9 Å². The quantitative estimate of drug-likeness (QED) is 0.442. The summed E-state index contributed by atoms with van der Waals surface area (Å²) in [6, 6.07) is 4.01. The van der Waals surface area contributed by atoms with Crippen molar-refractivity contribution in [3.05, 3.63) is 80.8 Å². The highest BCUT2D eigenvalue weighted by Crippen LogP contribution is 2.43. The molecule has 1 aliphatic carbocycles. The Bertz CT molecular complexity index is 1390. The average molecular weight is 525 g/mol. The lowest BCUT2D eigenvalue weighted by molar-refractivity contribution is -0.136. The van der Waals surface area contributed by atoms with E-state index in [4.69, 9.17) is 19.3 Å². The molecule has 1 fully saturated rings. The minimum Gasteiger partial charge on any atom is -0.476 e. The molecule has 9 nitrogen and oxygen atoms in total. The van der Waals surface area contributed by atoms with Crippen molar-refractivity contribution in [1.82, 2.24) is 15.3 Å². The fourth-order valence-corrected chi connectivity index (χ4v) is 5.61. The number of aromatic carboxylic acids is 1. The number of hydrogen-bond acceptors (Lipinski definition) is 9. The van der Waals surface area contributed by atoms with Crippen LogP contribution in [0.15, 0.2) is 56.7 Å². The number of oxazole rings is 1. The van der Waals surface area contributed by atoms with Gasteiger partial charge in [-0.2, -0.15) is 0 Å². The highest BCUT2D eigenvalue weighted by atomic mass is 32.1. The first-order chi connectivity index (χ1) is 17.9. The van der Waals surface area contributed by atoms with E-state index in [1.54, 1.807) is 25.3 Å². The summed E-state index contributed by atoms with van der Waals surface area (Å²) in [5.41, 5.74) is 1.93. The molecule has 1 unspecified atom stereocenters. The van der Waals surface area contributed by atoms with Crippen molar-refractivity contribution in [2.45, 2.75) is 44.6 Å². The maximum absolute atomic E-state index is 14.6. The van der Waals surface area contributed by atoms with E-state index >= 15 is 0 Å². The summed E-state index contributed by atoms with van der Waals surface area (Å²) in [7, 11) is 1.32. The molecule has 1 aromatic carbocycles. The number of aliphatic imine (C=N–C) groups is 1. The molecule has 2 aliphatic rings. The van der Waals surface area contributed by atoms with E-state index in [9.17, 15) is 14.0 Å². The third-order valence-corrected chi connectivity index (χ3v) is 7.72. The van der Waals surface area contributed by atoms with E-state index in [0.717, 1.165) is 6.26 Å². The van der Waals surface area contributed by atoms with Crippen molar-refractivity contribution in [3.8, 4) is 0 Å². The lowest BCUT2D eigenvalue weighted by Crippen LogP contribution is -2.37. The largest absolute Gasteiger partial charge is 0.476 e. The summed E-state index contributed by atoms with van der Waals surface area (Å²) < 4.78 is 25.2. The number of benzene rings is 1. The molecule has 37 heavy (non-hydrogen) atoms. The predicted octanol–water partition coefficient (Wildman–Crippen LogP) is 4.77. The second kappa shape index (κ2) is 10.3. The number of carboxylic acids is 1. The summed E-state index contributed by atoms with van der Waals surface area (Å²) in [6.45, 7) is 1.67. The van der Waals surface area contributed by atoms with Crippen molar-refractivity contribution in [2.75, 3.05) is 7.11 Å². The number of carboxylic acid groups (broad SMARTS) is 1. The number of nitrogens with one attached hydrogen (secondary N) is 1. The maximum atomic E-state index is 14.6. The second-order valence-electron chi connectivity index (χ2n) is 9.04. The van der Waals surface area contributed by atoms with Gasteiger partial charge in [0.15, 0.2) is 22.4 Å². The van der Waals surface area contributed by atoms with Gasteiger partial charge in [0.1, 0.15) is 18.1 Å². The first-order valence-corrected chi connectivity index (χ1v) is 12.8. The van der Waals surface area contributed by atoms with Gasteiger partial charge in [-0.05, 0) is 55.7 Å². The topological polar surface area (TPSA) is 127 Å². The van der Waals surface area contributed by atoms with Gasteiger partial charge in [-0.15, -0.1) is 11.3 Å². The first-order valence-electron chi connectivity index (χ1n) is 11.9. The van der Waals surface area contributed by atoms with Crippen molar-refractivity contribution < 1.29 is 28.2 Å². The molecule has 1 atom stereocenters. The molecule has 1 aliphatic heterocycles. The van der Waals surface area contributed by atoms with Gasteiger partial charge in [-0.25, -0.2) is 23.9 Å². The zero-order valence-electron chi connectivity index (χ0n) is 20.2. The van der Waals surface area contributed by atoms with Crippen LogP contribution in [0.3, 0.4) is 0 Å². The van der Waals surface area contributed by atoms with E-state index in [1.165, 1.54) is 24.5 Å². The van der Waals surface area contributed by atoms with Crippen LogP contribution in [0.1, 0.15) is 70.2 Å². The highest BCUT2D eigenvalue weighted by Gasteiger charge is 2.38. The maximum Gasteiger partial charge on any atom is 0.357 e. The average Bonchev–Trinajstić information content (AvgIpc) is 3.62. The summed E-state index contributed by atoms with van der Waals surface area (Å²) in [4.78, 5) is 37.7.